The zero-order chi connectivity index (χ0) is 26.4. The number of carbonyl (C=O) groups excluding carboxylic acids is 1. The van der Waals surface area contributed by atoms with Gasteiger partial charge in [-0.1, -0.05) is 18.2 Å². The predicted octanol–water partition coefficient (Wildman–Crippen LogP) is -0.593. The van der Waals surface area contributed by atoms with Crippen LogP contribution < -0.4 is 10.6 Å². The van der Waals surface area contributed by atoms with Crippen LogP contribution in [0, 0.1) is 11.3 Å². The minimum absolute atomic E-state index is 0.251. The molecule has 2 fully saturated rings. The van der Waals surface area contributed by atoms with Gasteiger partial charge in [0.15, 0.2) is 6.29 Å². The standard InChI is InChI=1S/C26H32N4O7/c27-14-19(25(34)29-22-24(33)23(32)21(15-31)37-26(22)35)12-16-1-2-18-13-20(4-3-17(18)11-16)28-5-6-30-7-9-36-10-8-30/h1-4,11-13,21-24,26,28,31-33,35H,5-10,15H2,(H,29,34)/b19-12+/t21-,22-,23-,24-,26?/m1/s1. The van der Waals surface area contributed by atoms with Gasteiger partial charge in [0.25, 0.3) is 5.91 Å². The third kappa shape index (κ3) is 6.63. The number of benzene rings is 2. The maximum atomic E-state index is 12.7. The van der Waals surface area contributed by atoms with E-state index in [0.29, 0.717) is 5.56 Å². The van der Waals surface area contributed by atoms with E-state index in [1.807, 2.05) is 36.4 Å². The van der Waals surface area contributed by atoms with Crippen molar-refractivity contribution in [3.05, 3.63) is 47.5 Å². The van der Waals surface area contributed by atoms with Crippen LogP contribution in [0.25, 0.3) is 16.8 Å². The zero-order valence-corrected chi connectivity index (χ0v) is 20.3. The molecule has 0 aliphatic carbocycles. The molecular weight excluding hydrogens is 480 g/mol. The molecule has 2 aromatic rings. The van der Waals surface area contributed by atoms with Crippen molar-refractivity contribution in [3.8, 4) is 6.07 Å². The largest absolute Gasteiger partial charge is 0.394 e. The fraction of sp³-hybridized carbons (Fsp3) is 0.462. The summed E-state index contributed by atoms with van der Waals surface area (Å²) in [5, 5.41) is 56.7. The predicted molar refractivity (Wildman–Crippen MR) is 135 cm³/mol. The topological polar surface area (TPSA) is 168 Å². The first-order valence-corrected chi connectivity index (χ1v) is 12.2. The lowest BCUT2D eigenvalue weighted by Gasteiger charge is -2.40. The molecule has 2 aromatic carbocycles. The lowest BCUT2D eigenvalue weighted by Crippen LogP contribution is -2.64. The number of rotatable bonds is 8. The summed E-state index contributed by atoms with van der Waals surface area (Å²) in [7, 11) is 0. The van der Waals surface area contributed by atoms with Crippen molar-refractivity contribution in [3.63, 3.8) is 0 Å². The van der Waals surface area contributed by atoms with E-state index < -0.39 is 43.2 Å². The van der Waals surface area contributed by atoms with E-state index in [1.165, 1.54) is 6.08 Å². The lowest BCUT2D eigenvalue weighted by molar-refractivity contribution is -0.253. The summed E-state index contributed by atoms with van der Waals surface area (Å²) in [4.78, 5) is 15.0. The maximum absolute atomic E-state index is 12.7. The van der Waals surface area contributed by atoms with Gasteiger partial charge in [-0.2, -0.15) is 5.26 Å². The summed E-state index contributed by atoms with van der Waals surface area (Å²) in [6, 6.07) is 12.0. The van der Waals surface area contributed by atoms with Crippen LogP contribution in [-0.2, 0) is 14.3 Å². The molecule has 0 spiro atoms. The third-order valence-corrected chi connectivity index (χ3v) is 6.60. The minimum Gasteiger partial charge on any atom is -0.394 e. The van der Waals surface area contributed by atoms with Crippen molar-refractivity contribution >= 4 is 28.4 Å². The van der Waals surface area contributed by atoms with Gasteiger partial charge in [0.05, 0.1) is 19.8 Å². The first-order valence-electron chi connectivity index (χ1n) is 12.2. The van der Waals surface area contributed by atoms with Gasteiger partial charge in [0.2, 0.25) is 0 Å². The molecule has 0 bridgehead atoms. The SMILES string of the molecule is N#C/C(=C\c1ccc2cc(NCCN3CCOCC3)ccc2c1)C(=O)N[C@H]1C(O)O[C@H](CO)[C@@H](O)[C@@H]1O. The van der Waals surface area contributed by atoms with Crippen LogP contribution in [0.4, 0.5) is 5.69 Å². The third-order valence-electron chi connectivity index (χ3n) is 6.60. The summed E-state index contributed by atoms with van der Waals surface area (Å²) in [5.41, 5.74) is 1.37. The van der Waals surface area contributed by atoms with Gasteiger partial charge < -0.3 is 40.5 Å². The summed E-state index contributed by atoms with van der Waals surface area (Å²) in [6.45, 7) is 4.57. The Morgan fingerprint density at radius 3 is 2.57 bits per heavy atom. The van der Waals surface area contributed by atoms with Gasteiger partial charge in [-0.25, -0.2) is 0 Å². The smallest absolute Gasteiger partial charge is 0.262 e. The number of anilines is 1. The second-order valence-corrected chi connectivity index (χ2v) is 9.10. The quantitative estimate of drug-likeness (QED) is 0.199. The summed E-state index contributed by atoms with van der Waals surface area (Å²) < 4.78 is 10.4. The van der Waals surface area contributed by atoms with E-state index >= 15 is 0 Å². The van der Waals surface area contributed by atoms with Crippen molar-refractivity contribution < 1.29 is 34.7 Å². The van der Waals surface area contributed by atoms with Crippen molar-refractivity contribution in [2.24, 2.45) is 0 Å². The van der Waals surface area contributed by atoms with E-state index in [2.05, 4.69) is 15.5 Å². The van der Waals surface area contributed by atoms with Gasteiger partial charge in [0.1, 0.15) is 36.0 Å². The number of hydrogen-bond donors (Lipinski definition) is 6. The fourth-order valence-electron chi connectivity index (χ4n) is 4.44. The number of ether oxygens (including phenoxy) is 2. The summed E-state index contributed by atoms with van der Waals surface area (Å²) in [5.74, 6) is -0.844. The Morgan fingerprint density at radius 1 is 1.11 bits per heavy atom. The minimum atomic E-state index is -1.67. The normalized spacial score (nSPS) is 27.0. The van der Waals surface area contributed by atoms with Crippen molar-refractivity contribution in [2.45, 2.75) is 30.6 Å². The molecule has 2 heterocycles. The van der Waals surface area contributed by atoms with Crippen molar-refractivity contribution in [1.29, 1.82) is 5.26 Å². The van der Waals surface area contributed by atoms with Crippen LogP contribution in [0.2, 0.25) is 0 Å². The molecule has 11 heteroatoms. The average Bonchev–Trinajstić information content (AvgIpc) is 2.92. The fourth-order valence-corrected chi connectivity index (χ4v) is 4.44. The van der Waals surface area contributed by atoms with Gasteiger partial charge in [-0.15, -0.1) is 0 Å². The highest BCUT2D eigenvalue weighted by Crippen LogP contribution is 2.23. The number of amides is 1. The molecule has 4 rings (SSSR count). The molecule has 6 N–H and O–H groups in total. The second kappa shape index (κ2) is 12.4. The Morgan fingerprint density at radius 2 is 1.84 bits per heavy atom. The molecule has 1 amide bonds. The van der Waals surface area contributed by atoms with E-state index in [-0.39, 0.29) is 5.57 Å². The molecule has 11 nitrogen and oxygen atoms in total. The number of morpholine rings is 1. The van der Waals surface area contributed by atoms with E-state index in [1.54, 1.807) is 6.07 Å². The molecule has 2 saturated heterocycles. The van der Waals surface area contributed by atoms with Gasteiger partial charge >= 0.3 is 0 Å². The first kappa shape index (κ1) is 27.0. The number of nitrogens with zero attached hydrogens (tertiary/aromatic N) is 2. The van der Waals surface area contributed by atoms with Crippen molar-refractivity contribution in [1.82, 2.24) is 10.2 Å². The Balaban J connectivity index is 1.40. The molecule has 1 unspecified atom stereocenters. The highest BCUT2D eigenvalue weighted by molar-refractivity contribution is 6.02. The number of hydrogen-bond acceptors (Lipinski definition) is 10. The number of nitriles is 1. The lowest BCUT2D eigenvalue weighted by atomic mass is 9.96. The van der Waals surface area contributed by atoms with Crippen LogP contribution >= 0.6 is 0 Å². The summed E-state index contributed by atoms with van der Waals surface area (Å²) in [6.07, 6.45) is -4.58. The first-order chi connectivity index (χ1) is 17.9. The average molecular weight is 513 g/mol. The van der Waals surface area contributed by atoms with Crippen molar-refractivity contribution in [2.75, 3.05) is 51.3 Å². The molecule has 198 valence electrons. The molecular formula is C26H32N4O7. The Bertz CT molecular complexity index is 1160. The molecule has 2 aliphatic heterocycles. The molecule has 0 saturated carbocycles. The Hall–Kier alpha value is -3.08. The second-order valence-electron chi connectivity index (χ2n) is 9.10. The highest BCUT2D eigenvalue weighted by Gasteiger charge is 2.44. The van der Waals surface area contributed by atoms with E-state index in [9.17, 15) is 30.5 Å². The van der Waals surface area contributed by atoms with E-state index in [0.717, 1.165) is 55.9 Å². The molecule has 5 atom stereocenters. The van der Waals surface area contributed by atoms with Gasteiger partial charge in [-0.05, 0) is 40.6 Å². The van der Waals surface area contributed by atoms with Gasteiger partial charge in [0, 0.05) is 31.9 Å². The van der Waals surface area contributed by atoms with Crippen LogP contribution in [0.1, 0.15) is 5.56 Å². The van der Waals surface area contributed by atoms with Crippen LogP contribution in [-0.4, -0.2) is 108 Å². The molecule has 0 aromatic heterocycles. The Labute approximate surface area is 214 Å². The highest BCUT2D eigenvalue weighted by atomic mass is 16.6. The number of aliphatic hydroxyl groups is 4. The maximum Gasteiger partial charge on any atom is 0.262 e. The zero-order valence-electron chi connectivity index (χ0n) is 20.3. The van der Waals surface area contributed by atoms with Crippen LogP contribution in [0.15, 0.2) is 42.0 Å². The monoisotopic (exact) mass is 512 g/mol. The van der Waals surface area contributed by atoms with Crippen LogP contribution in [0.5, 0.6) is 0 Å². The number of carbonyl (C=O) groups is 1. The molecule has 2 aliphatic rings. The Kier molecular flexibility index (Phi) is 9.07. The van der Waals surface area contributed by atoms with Crippen LogP contribution in [0.3, 0.4) is 0 Å². The van der Waals surface area contributed by atoms with E-state index in [4.69, 9.17) is 9.47 Å². The van der Waals surface area contributed by atoms with Gasteiger partial charge in [-0.3, -0.25) is 9.69 Å². The number of fused-ring (bicyclic) bond motifs is 1. The number of aliphatic hydroxyl groups excluding tert-OH is 4. The molecule has 37 heavy (non-hydrogen) atoms. The molecule has 0 radical (unpaired) electrons. The summed E-state index contributed by atoms with van der Waals surface area (Å²) >= 11 is 0. The number of nitrogens with one attached hydrogen (secondary N) is 2.